The van der Waals surface area contributed by atoms with Gasteiger partial charge in [-0.25, -0.2) is 0 Å². The smallest absolute Gasteiger partial charge is 0.195 e. The second kappa shape index (κ2) is 9.78. The summed E-state index contributed by atoms with van der Waals surface area (Å²) in [5, 5.41) is 0. The zero-order chi connectivity index (χ0) is 14.4. The molecule has 1 fully saturated rings. The molecule has 1 unspecified atom stereocenters. The van der Waals surface area contributed by atoms with Crippen LogP contribution in [0.5, 0.6) is 0 Å². The van der Waals surface area contributed by atoms with Gasteiger partial charge in [-0.15, -0.1) is 24.0 Å². The minimum Gasteiger partial charge on any atom is -0.379 e. The molecule has 1 saturated heterocycles. The summed E-state index contributed by atoms with van der Waals surface area (Å²) >= 11 is 0. The predicted octanol–water partition coefficient (Wildman–Crippen LogP) is 1.44. The van der Waals surface area contributed by atoms with E-state index < -0.39 is 0 Å². The van der Waals surface area contributed by atoms with Crippen molar-refractivity contribution in [1.82, 2.24) is 14.7 Å². The molecule has 0 amide bonds. The number of rotatable bonds is 4. The Balaban J connectivity index is 0.00000361. The van der Waals surface area contributed by atoms with Crippen LogP contribution in [0, 0.1) is 5.92 Å². The summed E-state index contributed by atoms with van der Waals surface area (Å²) < 4.78 is 5.44. The minimum atomic E-state index is 0. The van der Waals surface area contributed by atoms with Gasteiger partial charge in [0.05, 0.1) is 19.8 Å². The molecule has 0 aromatic carbocycles. The highest BCUT2D eigenvalue weighted by molar-refractivity contribution is 14.0. The largest absolute Gasteiger partial charge is 0.379 e. The van der Waals surface area contributed by atoms with E-state index >= 15 is 0 Å². The van der Waals surface area contributed by atoms with Crippen molar-refractivity contribution < 1.29 is 4.74 Å². The first-order valence-corrected chi connectivity index (χ1v) is 7.14. The summed E-state index contributed by atoms with van der Waals surface area (Å²) in [4.78, 5) is 11.5. The summed E-state index contributed by atoms with van der Waals surface area (Å²) in [5.41, 5.74) is 0. The third-order valence-corrected chi connectivity index (χ3v) is 3.50. The lowest BCUT2D eigenvalue weighted by Crippen LogP contribution is -2.48. The van der Waals surface area contributed by atoms with E-state index in [4.69, 9.17) is 9.73 Å². The highest BCUT2D eigenvalue weighted by Crippen LogP contribution is 2.13. The molecule has 1 rings (SSSR count). The molecule has 1 aliphatic heterocycles. The topological polar surface area (TPSA) is 31.3 Å². The molecular formula is C14H31IN4O. The van der Waals surface area contributed by atoms with Crippen LogP contribution in [0.25, 0.3) is 0 Å². The van der Waals surface area contributed by atoms with E-state index in [9.17, 15) is 0 Å². The molecule has 120 valence electrons. The molecule has 0 aromatic rings. The van der Waals surface area contributed by atoms with Crippen LogP contribution in [-0.2, 0) is 4.74 Å². The third-order valence-electron chi connectivity index (χ3n) is 3.50. The first kappa shape index (κ1) is 19.9. The molecule has 0 saturated carbocycles. The van der Waals surface area contributed by atoms with Gasteiger partial charge >= 0.3 is 0 Å². The Morgan fingerprint density at radius 2 is 1.60 bits per heavy atom. The average Bonchev–Trinajstić information content (AvgIpc) is 2.34. The van der Waals surface area contributed by atoms with Crippen molar-refractivity contribution in [1.29, 1.82) is 0 Å². The lowest BCUT2D eigenvalue weighted by Gasteiger charge is -2.36. The van der Waals surface area contributed by atoms with Gasteiger partial charge in [0, 0.05) is 47.3 Å². The number of guanidine groups is 1. The molecule has 0 radical (unpaired) electrons. The van der Waals surface area contributed by atoms with E-state index in [0.717, 1.165) is 38.8 Å². The van der Waals surface area contributed by atoms with Crippen LogP contribution in [0.1, 0.15) is 13.8 Å². The molecule has 0 aliphatic carbocycles. The van der Waals surface area contributed by atoms with Gasteiger partial charge in [0.2, 0.25) is 0 Å². The summed E-state index contributed by atoms with van der Waals surface area (Å²) in [5.74, 6) is 1.63. The van der Waals surface area contributed by atoms with Crippen LogP contribution in [-0.4, -0.2) is 87.7 Å². The monoisotopic (exact) mass is 398 g/mol. The van der Waals surface area contributed by atoms with Crippen LogP contribution in [0.2, 0.25) is 0 Å². The van der Waals surface area contributed by atoms with Crippen molar-refractivity contribution in [3.63, 3.8) is 0 Å². The van der Waals surface area contributed by atoms with Crippen molar-refractivity contribution in [3.8, 4) is 0 Å². The highest BCUT2D eigenvalue weighted by atomic mass is 127. The van der Waals surface area contributed by atoms with Gasteiger partial charge < -0.3 is 14.5 Å². The molecule has 6 heteroatoms. The highest BCUT2D eigenvalue weighted by Gasteiger charge is 2.23. The van der Waals surface area contributed by atoms with Crippen molar-refractivity contribution in [3.05, 3.63) is 0 Å². The number of nitrogens with zero attached hydrogens (tertiary/aromatic N) is 4. The van der Waals surface area contributed by atoms with Gasteiger partial charge in [0.25, 0.3) is 0 Å². The zero-order valence-corrected chi connectivity index (χ0v) is 16.1. The summed E-state index contributed by atoms with van der Waals surface area (Å²) in [6.07, 6.45) is 0. The predicted molar refractivity (Wildman–Crippen MR) is 96.1 cm³/mol. The third kappa shape index (κ3) is 6.13. The first-order valence-electron chi connectivity index (χ1n) is 7.14. The Hall–Kier alpha value is -0.0800. The Morgan fingerprint density at radius 1 is 1.10 bits per heavy atom. The van der Waals surface area contributed by atoms with Crippen molar-refractivity contribution in [2.45, 2.75) is 19.9 Å². The Morgan fingerprint density at radius 3 is 2.00 bits per heavy atom. The SMILES string of the molecule is CC(C)C(CN=C(N(C)C)N(C)C)N1CCOCC1.I. The maximum Gasteiger partial charge on any atom is 0.195 e. The van der Waals surface area contributed by atoms with E-state index in [0.29, 0.717) is 12.0 Å². The van der Waals surface area contributed by atoms with Crippen molar-refractivity contribution >= 4 is 29.9 Å². The number of hydrogen-bond donors (Lipinski definition) is 0. The van der Waals surface area contributed by atoms with E-state index in [1.54, 1.807) is 0 Å². The van der Waals surface area contributed by atoms with Gasteiger partial charge in [-0.05, 0) is 5.92 Å². The molecule has 0 bridgehead atoms. The molecule has 0 N–H and O–H groups in total. The van der Waals surface area contributed by atoms with E-state index in [1.807, 2.05) is 28.2 Å². The molecule has 1 heterocycles. The number of aliphatic imine (C=N–C) groups is 1. The fourth-order valence-corrected chi connectivity index (χ4v) is 2.52. The van der Waals surface area contributed by atoms with Crippen LogP contribution in [0.15, 0.2) is 4.99 Å². The number of ether oxygens (including phenoxy) is 1. The average molecular weight is 398 g/mol. The lowest BCUT2D eigenvalue weighted by atomic mass is 10.0. The summed E-state index contributed by atoms with van der Waals surface area (Å²) in [7, 11) is 8.16. The van der Waals surface area contributed by atoms with Gasteiger partial charge in [-0.1, -0.05) is 13.8 Å². The molecule has 0 aromatic heterocycles. The second-order valence-electron chi connectivity index (χ2n) is 5.89. The Bertz CT molecular complexity index is 279. The quantitative estimate of drug-likeness (QED) is 0.408. The Labute approximate surface area is 141 Å². The lowest BCUT2D eigenvalue weighted by molar-refractivity contribution is 0.00860. The first-order chi connectivity index (χ1) is 8.93. The second-order valence-corrected chi connectivity index (χ2v) is 5.89. The van der Waals surface area contributed by atoms with Crippen LogP contribution in [0.3, 0.4) is 0 Å². The molecular weight excluding hydrogens is 367 g/mol. The normalized spacial score (nSPS) is 17.4. The maximum atomic E-state index is 5.44. The van der Waals surface area contributed by atoms with Crippen LogP contribution >= 0.6 is 24.0 Å². The van der Waals surface area contributed by atoms with E-state index in [1.165, 1.54) is 0 Å². The van der Waals surface area contributed by atoms with Crippen LogP contribution in [0.4, 0.5) is 0 Å². The fourth-order valence-electron chi connectivity index (χ4n) is 2.52. The van der Waals surface area contributed by atoms with Gasteiger partial charge in [0.15, 0.2) is 5.96 Å². The van der Waals surface area contributed by atoms with E-state index in [2.05, 4.69) is 28.5 Å². The molecule has 20 heavy (non-hydrogen) atoms. The molecule has 5 nitrogen and oxygen atoms in total. The standard InChI is InChI=1S/C14H30N4O.HI/c1-12(2)13(18-7-9-19-10-8-18)11-15-14(16(3)4)17(5)6;/h12-13H,7-11H2,1-6H3;1H. The molecule has 0 spiro atoms. The summed E-state index contributed by atoms with van der Waals surface area (Å²) in [6, 6.07) is 0.499. The van der Waals surface area contributed by atoms with Gasteiger partial charge in [-0.2, -0.15) is 0 Å². The Kier molecular flexibility index (Phi) is 9.74. The van der Waals surface area contributed by atoms with E-state index in [-0.39, 0.29) is 24.0 Å². The van der Waals surface area contributed by atoms with Gasteiger partial charge in [-0.3, -0.25) is 9.89 Å². The number of hydrogen-bond acceptors (Lipinski definition) is 3. The van der Waals surface area contributed by atoms with Crippen molar-refractivity contribution in [2.24, 2.45) is 10.9 Å². The van der Waals surface area contributed by atoms with Gasteiger partial charge in [0.1, 0.15) is 0 Å². The summed E-state index contributed by atoms with van der Waals surface area (Å²) in [6.45, 7) is 9.15. The minimum absolute atomic E-state index is 0. The number of morpholine rings is 1. The molecule has 1 atom stereocenters. The zero-order valence-electron chi connectivity index (χ0n) is 13.8. The molecule has 1 aliphatic rings. The number of halogens is 1. The van der Waals surface area contributed by atoms with Crippen LogP contribution < -0.4 is 0 Å². The van der Waals surface area contributed by atoms with Crippen molar-refractivity contribution in [2.75, 3.05) is 61.0 Å². The maximum absolute atomic E-state index is 5.44. The fraction of sp³-hybridized carbons (Fsp3) is 0.929.